The number of rotatable bonds is 6. The molecular formula is C17H21BrN2O. The monoisotopic (exact) mass is 348 g/mol. The summed E-state index contributed by atoms with van der Waals surface area (Å²) in [5.41, 5.74) is 6.45. The Morgan fingerprint density at radius 1 is 1.24 bits per heavy atom. The van der Waals surface area contributed by atoms with Crippen molar-refractivity contribution in [3.05, 3.63) is 63.6 Å². The second-order valence-corrected chi connectivity index (χ2v) is 5.84. The van der Waals surface area contributed by atoms with Gasteiger partial charge >= 0.3 is 0 Å². The summed E-state index contributed by atoms with van der Waals surface area (Å²) >= 11 is 3.60. The number of methoxy groups -OCH3 is 1. The molecule has 0 heterocycles. The second-order valence-electron chi connectivity index (χ2n) is 4.98. The van der Waals surface area contributed by atoms with Crippen LogP contribution in [0.4, 0.5) is 0 Å². The van der Waals surface area contributed by atoms with Gasteiger partial charge in [0.15, 0.2) is 0 Å². The predicted molar refractivity (Wildman–Crippen MR) is 90.3 cm³/mol. The van der Waals surface area contributed by atoms with E-state index < -0.39 is 0 Å². The van der Waals surface area contributed by atoms with Crippen LogP contribution in [0.25, 0.3) is 0 Å². The van der Waals surface area contributed by atoms with Gasteiger partial charge in [-0.3, -0.25) is 5.84 Å². The normalized spacial score (nSPS) is 12.2. The summed E-state index contributed by atoms with van der Waals surface area (Å²) in [5.74, 6) is 6.63. The van der Waals surface area contributed by atoms with Crippen LogP contribution in [0.5, 0.6) is 5.75 Å². The highest BCUT2D eigenvalue weighted by Gasteiger charge is 2.16. The fourth-order valence-corrected chi connectivity index (χ4v) is 2.93. The maximum atomic E-state index is 5.81. The van der Waals surface area contributed by atoms with Crippen molar-refractivity contribution >= 4 is 15.9 Å². The Balaban J connectivity index is 2.41. The summed E-state index contributed by atoms with van der Waals surface area (Å²) in [5, 5.41) is 0. The number of nitrogens with one attached hydrogen (secondary N) is 1. The molecule has 21 heavy (non-hydrogen) atoms. The van der Waals surface area contributed by atoms with Gasteiger partial charge < -0.3 is 4.74 Å². The van der Waals surface area contributed by atoms with E-state index in [2.05, 4.69) is 52.5 Å². The number of halogens is 1. The SMILES string of the molecule is CCCc1cccc(C(NN)c2cc(OC)ccc2Br)c1. The average Bonchev–Trinajstić information content (AvgIpc) is 2.51. The van der Waals surface area contributed by atoms with Crippen LogP contribution in [-0.4, -0.2) is 7.11 Å². The number of nitrogens with two attached hydrogens (primary N) is 1. The van der Waals surface area contributed by atoms with Gasteiger partial charge in [0, 0.05) is 4.47 Å². The molecule has 0 aliphatic heterocycles. The molecule has 0 saturated heterocycles. The Morgan fingerprint density at radius 2 is 2.05 bits per heavy atom. The quantitative estimate of drug-likeness (QED) is 0.613. The average molecular weight is 349 g/mol. The van der Waals surface area contributed by atoms with E-state index in [1.807, 2.05) is 18.2 Å². The molecule has 1 unspecified atom stereocenters. The molecule has 0 amide bonds. The zero-order valence-electron chi connectivity index (χ0n) is 12.4. The molecule has 0 aliphatic carbocycles. The second kappa shape index (κ2) is 7.59. The zero-order valence-corrected chi connectivity index (χ0v) is 14.0. The van der Waals surface area contributed by atoms with E-state index in [0.717, 1.165) is 34.2 Å². The standard InChI is InChI=1S/C17H21BrN2O/c1-3-5-12-6-4-7-13(10-12)17(20-19)15-11-14(21-2)8-9-16(15)18/h4,6-11,17,20H,3,5,19H2,1-2H3. The lowest BCUT2D eigenvalue weighted by molar-refractivity contribution is 0.413. The topological polar surface area (TPSA) is 47.3 Å². The number of aryl methyl sites for hydroxylation is 1. The van der Waals surface area contributed by atoms with Gasteiger partial charge in [-0.2, -0.15) is 0 Å². The molecule has 0 bridgehead atoms. The molecule has 0 radical (unpaired) electrons. The van der Waals surface area contributed by atoms with Gasteiger partial charge in [0.2, 0.25) is 0 Å². The maximum Gasteiger partial charge on any atom is 0.119 e. The summed E-state index contributed by atoms with van der Waals surface area (Å²) < 4.78 is 6.32. The molecule has 3 N–H and O–H groups in total. The highest BCUT2D eigenvalue weighted by molar-refractivity contribution is 9.10. The van der Waals surface area contributed by atoms with Gasteiger partial charge in [0.1, 0.15) is 5.75 Å². The first kappa shape index (κ1) is 16.0. The highest BCUT2D eigenvalue weighted by atomic mass is 79.9. The summed E-state index contributed by atoms with van der Waals surface area (Å²) in [4.78, 5) is 0. The van der Waals surface area contributed by atoms with E-state index in [4.69, 9.17) is 10.6 Å². The third-order valence-corrected chi connectivity index (χ3v) is 4.23. The van der Waals surface area contributed by atoms with Crippen LogP contribution in [0.1, 0.15) is 36.1 Å². The smallest absolute Gasteiger partial charge is 0.119 e. The van der Waals surface area contributed by atoms with E-state index in [1.165, 1.54) is 5.56 Å². The van der Waals surface area contributed by atoms with Gasteiger partial charge in [-0.1, -0.05) is 53.5 Å². The third-order valence-electron chi connectivity index (χ3n) is 3.50. The first-order valence-corrected chi connectivity index (χ1v) is 7.87. The minimum absolute atomic E-state index is 0.0775. The van der Waals surface area contributed by atoms with Crippen LogP contribution in [0, 0.1) is 0 Å². The minimum atomic E-state index is -0.0775. The van der Waals surface area contributed by atoms with Crippen molar-refractivity contribution in [3.63, 3.8) is 0 Å². The van der Waals surface area contributed by atoms with Gasteiger partial charge in [0.25, 0.3) is 0 Å². The molecule has 1 atom stereocenters. The fourth-order valence-electron chi connectivity index (χ4n) is 2.45. The number of hydrogen-bond donors (Lipinski definition) is 2. The third kappa shape index (κ3) is 3.84. The summed E-state index contributed by atoms with van der Waals surface area (Å²) in [6.45, 7) is 2.18. The summed E-state index contributed by atoms with van der Waals surface area (Å²) in [7, 11) is 1.67. The number of hydrazine groups is 1. The molecule has 0 aliphatic rings. The van der Waals surface area contributed by atoms with Crippen molar-refractivity contribution in [2.45, 2.75) is 25.8 Å². The van der Waals surface area contributed by atoms with Crippen molar-refractivity contribution < 1.29 is 4.74 Å². The first-order chi connectivity index (χ1) is 10.2. The molecular weight excluding hydrogens is 328 g/mol. The Labute approximate surface area is 134 Å². The van der Waals surface area contributed by atoms with Gasteiger partial charge in [0.05, 0.1) is 13.2 Å². The predicted octanol–water partition coefficient (Wildman–Crippen LogP) is 3.96. The zero-order chi connectivity index (χ0) is 15.2. The summed E-state index contributed by atoms with van der Waals surface area (Å²) in [6, 6.07) is 14.4. The lowest BCUT2D eigenvalue weighted by Crippen LogP contribution is -2.29. The van der Waals surface area contributed by atoms with E-state index in [9.17, 15) is 0 Å². The van der Waals surface area contributed by atoms with Crippen molar-refractivity contribution in [1.82, 2.24) is 5.43 Å². The van der Waals surface area contributed by atoms with Gasteiger partial charge in [-0.05, 0) is 41.3 Å². The first-order valence-electron chi connectivity index (χ1n) is 7.08. The van der Waals surface area contributed by atoms with E-state index in [-0.39, 0.29) is 6.04 Å². The van der Waals surface area contributed by atoms with Crippen LogP contribution in [0.2, 0.25) is 0 Å². The lowest BCUT2D eigenvalue weighted by Gasteiger charge is -2.20. The van der Waals surface area contributed by atoms with E-state index in [0.29, 0.717) is 0 Å². The molecule has 2 aromatic carbocycles. The minimum Gasteiger partial charge on any atom is -0.497 e. The van der Waals surface area contributed by atoms with Crippen LogP contribution in [0.3, 0.4) is 0 Å². The molecule has 2 aromatic rings. The number of benzene rings is 2. The van der Waals surface area contributed by atoms with Crippen LogP contribution in [0.15, 0.2) is 46.9 Å². The largest absolute Gasteiger partial charge is 0.497 e. The molecule has 0 fully saturated rings. The van der Waals surface area contributed by atoms with Crippen LogP contribution >= 0.6 is 15.9 Å². The molecule has 2 rings (SSSR count). The molecule has 112 valence electrons. The maximum absolute atomic E-state index is 5.81. The Bertz CT molecular complexity index is 601. The van der Waals surface area contributed by atoms with Crippen molar-refractivity contribution in [2.75, 3.05) is 7.11 Å². The van der Waals surface area contributed by atoms with Crippen LogP contribution in [-0.2, 0) is 6.42 Å². The van der Waals surface area contributed by atoms with Crippen LogP contribution < -0.4 is 16.0 Å². The lowest BCUT2D eigenvalue weighted by atomic mass is 9.96. The molecule has 0 aromatic heterocycles. The molecule has 4 heteroatoms. The number of hydrogen-bond acceptors (Lipinski definition) is 3. The van der Waals surface area contributed by atoms with Gasteiger partial charge in [-0.25, -0.2) is 5.43 Å². The summed E-state index contributed by atoms with van der Waals surface area (Å²) in [6.07, 6.45) is 2.21. The molecule has 3 nitrogen and oxygen atoms in total. The van der Waals surface area contributed by atoms with Crippen molar-refractivity contribution in [1.29, 1.82) is 0 Å². The van der Waals surface area contributed by atoms with Crippen molar-refractivity contribution in [3.8, 4) is 5.75 Å². The Hall–Kier alpha value is -1.36. The number of ether oxygens (including phenoxy) is 1. The molecule has 0 saturated carbocycles. The highest BCUT2D eigenvalue weighted by Crippen LogP contribution is 2.31. The fraction of sp³-hybridized carbons (Fsp3) is 0.294. The Morgan fingerprint density at radius 3 is 2.71 bits per heavy atom. The van der Waals surface area contributed by atoms with Gasteiger partial charge in [-0.15, -0.1) is 0 Å². The van der Waals surface area contributed by atoms with Crippen molar-refractivity contribution in [2.24, 2.45) is 5.84 Å². The van der Waals surface area contributed by atoms with E-state index >= 15 is 0 Å². The Kier molecular flexibility index (Phi) is 5.79. The molecule has 0 spiro atoms. The van der Waals surface area contributed by atoms with E-state index in [1.54, 1.807) is 7.11 Å².